The predicted octanol–water partition coefficient (Wildman–Crippen LogP) is -0.303. The molecule has 132 valence electrons. The molecule has 1 saturated heterocycles. The molecular formula is C15H21N3O5S. The lowest BCUT2D eigenvalue weighted by atomic mass is 9.99. The molecule has 2 amide bonds. The average Bonchev–Trinajstić information content (AvgIpc) is 2.59. The Bertz CT molecular complexity index is 702. The molecule has 0 radical (unpaired) electrons. The van der Waals surface area contributed by atoms with E-state index in [0.29, 0.717) is 25.1 Å². The van der Waals surface area contributed by atoms with Crippen molar-refractivity contribution in [3.8, 4) is 5.75 Å². The lowest BCUT2D eigenvalue weighted by Crippen LogP contribution is -2.46. The van der Waals surface area contributed by atoms with Gasteiger partial charge in [0.15, 0.2) is 0 Å². The number of hydrogen-bond donors (Lipinski definition) is 2. The number of carbonyl (C=O) groups is 2. The fourth-order valence-corrected chi connectivity index (χ4v) is 4.11. The van der Waals surface area contributed by atoms with Gasteiger partial charge in [0, 0.05) is 13.1 Å². The molecule has 1 aromatic rings. The molecule has 1 heterocycles. The zero-order valence-electron chi connectivity index (χ0n) is 13.4. The number of piperidine rings is 1. The molecule has 0 aromatic heterocycles. The zero-order chi connectivity index (χ0) is 17.7. The second-order valence-electron chi connectivity index (χ2n) is 5.56. The summed E-state index contributed by atoms with van der Waals surface area (Å²) in [5.74, 6) is -0.923. The lowest BCUT2D eigenvalue weighted by molar-refractivity contribution is -0.128. The van der Waals surface area contributed by atoms with Crippen LogP contribution in [0, 0.1) is 5.92 Å². The number of hydrogen-bond acceptors (Lipinski definition) is 5. The van der Waals surface area contributed by atoms with Gasteiger partial charge in [-0.25, -0.2) is 8.42 Å². The number of sulfonamides is 1. The van der Waals surface area contributed by atoms with Gasteiger partial charge in [0.2, 0.25) is 21.8 Å². The number of carbonyl (C=O) groups excluding carboxylic acids is 2. The van der Waals surface area contributed by atoms with Crippen molar-refractivity contribution in [2.24, 2.45) is 11.7 Å². The Labute approximate surface area is 141 Å². The van der Waals surface area contributed by atoms with Gasteiger partial charge in [0.1, 0.15) is 5.75 Å². The van der Waals surface area contributed by atoms with Gasteiger partial charge in [0.25, 0.3) is 0 Å². The summed E-state index contributed by atoms with van der Waals surface area (Å²) in [4.78, 5) is 22.9. The molecule has 2 rings (SSSR count). The highest BCUT2D eigenvalue weighted by Gasteiger charge is 2.33. The summed E-state index contributed by atoms with van der Waals surface area (Å²) < 4.78 is 31.7. The van der Waals surface area contributed by atoms with Gasteiger partial charge >= 0.3 is 0 Å². The molecule has 1 aliphatic heterocycles. The number of ether oxygens (including phenoxy) is 1. The number of benzene rings is 1. The highest BCUT2D eigenvalue weighted by atomic mass is 32.2. The van der Waals surface area contributed by atoms with Crippen LogP contribution in [0.1, 0.15) is 12.8 Å². The molecule has 0 spiro atoms. The van der Waals surface area contributed by atoms with Gasteiger partial charge in [0.05, 0.1) is 24.5 Å². The van der Waals surface area contributed by atoms with Gasteiger partial charge in [-0.05, 0) is 37.1 Å². The van der Waals surface area contributed by atoms with Crippen LogP contribution in [-0.2, 0) is 19.6 Å². The summed E-state index contributed by atoms with van der Waals surface area (Å²) in [6.07, 6.45) is 1.14. The zero-order valence-corrected chi connectivity index (χ0v) is 14.2. The van der Waals surface area contributed by atoms with E-state index in [1.54, 1.807) is 12.1 Å². The van der Waals surface area contributed by atoms with Crippen LogP contribution >= 0.6 is 0 Å². The summed E-state index contributed by atoms with van der Waals surface area (Å²) >= 11 is 0. The number of nitrogens with zero attached hydrogens (tertiary/aromatic N) is 1. The van der Waals surface area contributed by atoms with Crippen molar-refractivity contribution < 1.29 is 22.7 Å². The highest BCUT2D eigenvalue weighted by Crippen LogP contribution is 2.25. The first-order valence-corrected chi connectivity index (χ1v) is 8.99. The molecule has 1 fully saturated rings. The van der Waals surface area contributed by atoms with Crippen LogP contribution in [-0.4, -0.2) is 51.3 Å². The fourth-order valence-electron chi connectivity index (χ4n) is 2.59. The Hall–Kier alpha value is -2.13. The number of primary amides is 1. The van der Waals surface area contributed by atoms with Crippen molar-refractivity contribution in [3.63, 3.8) is 0 Å². The topological polar surface area (TPSA) is 119 Å². The second kappa shape index (κ2) is 7.63. The fraction of sp³-hybridized carbons (Fsp3) is 0.467. The lowest BCUT2D eigenvalue weighted by Gasteiger charge is -2.31. The van der Waals surface area contributed by atoms with E-state index in [1.807, 2.05) is 0 Å². The van der Waals surface area contributed by atoms with Crippen LogP contribution in [0.15, 0.2) is 29.2 Å². The maximum Gasteiger partial charge on any atom is 0.243 e. The first-order valence-electron chi connectivity index (χ1n) is 7.55. The van der Waals surface area contributed by atoms with E-state index < -0.39 is 21.8 Å². The quantitative estimate of drug-likeness (QED) is 0.726. The molecule has 0 aliphatic carbocycles. The van der Waals surface area contributed by atoms with E-state index in [1.165, 1.54) is 23.5 Å². The Morgan fingerprint density at radius 2 is 2.00 bits per heavy atom. The average molecular weight is 355 g/mol. The van der Waals surface area contributed by atoms with Crippen LogP contribution in [0.3, 0.4) is 0 Å². The normalized spacial score (nSPS) is 18.8. The Kier molecular flexibility index (Phi) is 5.79. The minimum absolute atomic E-state index is 0.0823. The maximum absolute atomic E-state index is 12.7. The van der Waals surface area contributed by atoms with E-state index in [-0.39, 0.29) is 23.9 Å². The second-order valence-corrected chi connectivity index (χ2v) is 7.50. The molecule has 24 heavy (non-hydrogen) atoms. The van der Waals surface area contributed by atoms with E-state index in [2.05, 4.69) is 5.32 Å². The number of nitrogens with one attached hydrogen (secondary N) is 1. The predicted molar refractivity (Wildman–Crippen MR) is 86.7 cm³/mol. The molecule has 0 saturated carbocycles. The monoisotopic (exact) mass is 355 g/mol. The van der Waals surface area contributed by atoms with Crippen LogP contribution in [0.4, 0.5) is 0 Å². The molecular weight excluding hydrogens is 334 g/mol. The minimum Gasteiger partial charge on any atom is -0.497 e. The third-order valence-electron chi connectivity index (χ3n) is 3.89. The van der Waals surface area contributed by atoms with Crippen molar-refractivity contribution in [1.29, 1.82) is 0 Å². The minimum atomic E-state index is -3.68. The number of nitrogens with two attached hydrogens (primary N) is 1. The molecule has 0 bridgehead atoms. The molecule has 3 N–H and O–H groups in total. The molecule has 9 heteroatoms. The summed E-state index contributed by atoms with van der Waals surface area (Å²) in [6.45, 7) is 0.188. The first kappa shape index (κ1) is 18.2. The van der Waals surface area contributed by atoms with Crippen LogP contribution < -0.4 is 15.8 Å². The smallest absolute Gasteiger partial charge is 0.243 e. The molecule has 1 aromatic carbocycles. The summed E-state index contributed by atoms with van der Waals surface area (Å²) in [5.41, 5.74) is 5.00. The van der Waals surface area contributed by atoms with Crippen molar-refractivity contribution in [2.45, 2.75) is 17.7 Å². The van der Waals surface area contributed by atoms with E-state index in [0.717, 1.165) is 0 Å². The van der Waals surface area contributed by atoms with Crippen LogP contribution in [0.5, 0.6) is 5.75 Å². The molecule has 1 aliphatic rings. The third-order valence-corrected chi connectivity index (χ3v) is 5.77. The van der Waals surface area contributed by atoms with Crippen molar-refractivity contribution in [2.75, 3.05) is 26.7 Å². The van der Waals surface area contributed by atoms with Crippen LogP contribution in [0.25, 0.3) is 0 Å². The van der Waals surface area contributed by atoms with E-state index in [9.17, 15) is 18.0 Å². The highest BCUT2D eigenvalue weighted by molar-refractivity contribution is 7.89. The van der Waals surface area contributed by atoms with E-state index >= 15 is 0 Å². The van der Waals surface area contributed by atoms with Crippen LogP contribution in [0.2, 0.25) is 0 Å². The number of rotatable bonds is 6. The van der Waals surface area contributed by atoms with Crippen molar-refractivity contribution >= 4 is 21.8 Å². The number of amides is 2. The van der Waals surface area contributed by atoms with Gasteiger partial charge in [-0.2, -0.15) is 4.31 Å². The van der Waals surface area contributed by atoms with E-state index in [4.69, 9.17) is 10.5 Å². The van der Waals surface area contributed by atoms with Crippen molar-refractivity contribution in [1.82, 2.24) is 9.62 Å². The van der Waals surface area contributed by atoms with Gasteiger partial charge in [-0.1, -0.05) is 0 Å². The Morgan fingerprint density at radius 3 is 2.58 bits per heavy atom. The first-order chi connectivity index (χ1) is 11.3. The largest absolute Gasteiger partial charge is 0.497 e. The van der Waals surface area contributed by atoms with Gasteiger partial charge in [-0.3, -0.25) is 9.59 Å². The summed E-state index contributed by atoms with van der Waals surface area (Å²) in [6, 6.07) is 6.11. The maximum atomic E-state index is 12.7. The third kappa shape index (κ3) is 4.24. The molecule has 8 nitrogen and oxygen atoms in total. The SMILES string of the molecule is COc1ccc(S(=O)(=O)N2CCC[C@H](C(=O)NCC(N)=O)C2)cc1. The number of methoxy groups -OCH3 is 1. The molecule has 1 atom stereocenters. The Morgan fingerprint density at radius 1 is 1.33 bits per heavy atom. The van der Waals surface area contributed by atoms with Gasteiger partial charge < -0.3 is 15.8 Å². The summed E-state index contributed by atoms with van der Waals surface area (Å²) in [5, 5.41) is 2.43. The van der Waals surface area contributed by atoms with Gasteiger partial charge in [-0.15, -0.1) is 0 Å². The van der Waals surface area contributed by atoms with Crippen molar-refractivity contribution in [3.05, 3.63) is 24.3 Å². The standard InChI is InChI=1S/C15H21N3O5S/c1-23-12-4-6-13(7-5-12)24(21,22)18-8-2-3-11(10-18)15(20)17-9-14(16)19/h4-7,11H,2-3,8-10H2,1H3,(H2,16,19)(H,17,20)/t11-/m0/s1. The molecule has 0 unspecified atom stereocenters. The summed E-state index contributed by atoms with van der Waals surface area (Å²) in [7, 11) is -2.18. The Balaban J connectivity index is 2.09.